The fraction of sp³-hybridized carbons (Fsp3) is 0.200. The van der Waals surface area contributed by atoms with Gasteiger partial charge in [0.25, 0.3) is 0 Å². The van der Waals surface area contributed by atoms with Crippen molar-refractivity contribution in [3.63, 3.8) is 0 Å². The van der Waals surface area contributed by atoms with Gasteiger partial charge in [-0.1, -0.05) is 60.2 Å². The topological polar surface area (TPSA) is 54.0 Å². The van der Waals surface area contributed by atoms with Crippen molar-refractivity contribution in [3.05, 3.63) is 113 Å². The molecule has 0 aliphatic carbocycles. The lowest BCUT2D eigenvalue weighted by molar-refractivity contribution is 0.242. The SMILES string of the molecule is Cc1ccc(-c2ncc3c(n2)CN(Cc2c[nH]c4ccc(OCc5ccccc5)cc24)CC3)cc1. The third kappa shape index (κ3) is 4.68. The number of fused-ring (bicyclic) bond motifs is 2. The predicted molar refractivity (Wildman–Crippen MR) is 139 cm³/mol. The lowest BCUT2D eigenvalue weighted by atomic mass is 10.0. The van der Waals surface area contributed by atoms with E-state index in [1.54, 1.807) is 0 Å². The fourth-order valence-electron chi connectivity index (χ4n) is 4.69. The average Bonchev–Trinajstić information content (AvgIpc) is 3.30. The average molecular weight is 461 g/mol. The highest BCUT2D eigenvalue weighted by Gasteiger charge is 2.20. The van der Waals surface area contributed by atoms with Gasteiger partial charge in [0.15, 0.2) is 5.82 Å². The molecule has 0 unspecified atom stereocenters. The fourth-order valence-corrected chi connectivity index (χ4v) is 4.69. The van der Waals surface area contributed by atoms with Crippen LogP contribution < -0.4 is 4.74 Å². The van der Waals surface area contributed by atoms with Crippen molar-refractivity contribution in [2.24, 2.45) is 0 Å². The standard InChI is InChI=1S/C30H28N4O/c1-21-7-9-23(10-8-21)30-32-16-24-13-14-34(19-29(24)33-30)18-25-17-31-28-12-11-26(15-27(25)28)35-20-22-5-3-2-4-6-22/h2-12,15-17,31H,13-14,18-20H2,1H3. The van der Waals surface area contributed by atoms with Crippen molar-refractivity contribution >= 4 is 10.9 Å². The number of rotatable bonds is 6. The van der Waals surface area contributed by atoms with Gasteiger partial charge in [-0.25, -0.2) is 9.97 Å². The number of H-pyrrole nitrogens is 1. The molecular weight excluding hydrogens is 432 g/mol. The molecule has 0 fully saturated rings. The van der Waals surface area contributed by atoms with Gasteiger partial charge < -0.3 is 9.72 Å². The molecule has 0 saturated heterocycles. The molecule has 174 valence electrons. The number of aromatic nitrogens is 3. The summed E-state index contributed by atoms with van der Waals surface area (Å²) in [6, 6.07) is 25.0. The molecule has 5 nitrogen and oxygen atoms in total. The maximum Gasteiger partial charge on any atom is 0.159 e. The van der Waals surface area contributed by atoms with Gasteiger partial charge in [-0.3, -0.25) is 4.90 Å². The first kappa shape index (κ1) is 21.6. The third-order valence-corrected chi connectivity index (χ3v) is 6.72. The van der Waals surface area contributed by atoms with Gasteiger partial charge in [0.2, 0.25) is 0 Å². The smallest absolute Gasteiger partial charge is 0.159 e. The molecule has 0 atom stereocenters. The maximum absolute atomic E-state index is 6.08. The molecule has 0 saturated carbocycles. The Hall–Kier alpha value is -3.96. The lowest BCUT2D eigenvalue weighted by Gasteiger charge is -2.27. The number of hydrogen-bond donors (Lipinski definition) is 1. The molecule has 5 aromatic rings. The van der Waals surface area contributed by atoms with E-state index >= 15 is 0 Å². The van der Waals surface area contributed by atoms with Gasteiger partial charge in [-0.2, -0.15) is 0 Å². The summed E-state index contributed by atoms with van der Waals surface area (Å²) < 4.78 is 6.08. The van der Waals surface area contributed by atoms with Crippen molar-refractivity contribution in [3.8, 4) is 17.1 Å². The molecular formula is C30H28N4O. The highest BCUT2D eigenvalue weighted by molar-refractivity contribution is 5.84. The Bertz CT molecular complexity index is 1460. The predicted octanol–water partition coefficient (Wildman–Crippen LogP) is 6.07. The van der Waals surface area contributed by atoms with Gasteiger partial charge in [0.1, 0.15) is 12.4 Å². The number of hydrogen-bond acceptors (Lipinski definition) is 4. The number of ether oxygens (including phenoxy) is 1. The zero-order valence-corrected chi connectivity index (χ0v) is 19.9. The van der Waals surface area contributed by atoms with Crippen LogP contribution in [0.3, 0.4) is 0 Å². The first-order valence-electron chi connectivity index (χ1n) is 12.1. The molecule has 3 heterocycles. The van der Waals surface area contributed by atoms with Crippen LogP contribution in [0.5, 0.6) is 5.75 Å². The lowest BCUT2D eigenvalue weighted by Crippen LogP contribution is -2.31. The zero-order chi connectivity index (χ0) is 23.6. The van der Waals surface area contributed by atoms with E-state index in [0.29, 0.717) is 6.61 Å². The molecule has 1 N–H and O–H groups in total. The number of aromatic amines is 1. The van der Waals surface area contributed by atoms with E-state index < -0.39 is 0 Å². The van der Waals surface area contributed by atoms with Gasteiger partial charge in [-0.15, -0.1) is 0 Å². The van der Waals surface area contributed by atoms with Gasteiger partial charge in [0.05, 0.1) is 5.69 Å². The van der Waals surface area contributed by atoms with Crippen LogP contribution in [0.4, 0.5) is 0 Å². The number of aryl methyl sites for hydroxylation is 1. The molecule has 0 radical (unpaired) electrons. The minimum absolute atomic E-state index is 0.567. The molecule has 0 bridgehead atoms. The van der Waals surface area contributed by atoms with Crippen LogP contribution in [0.15, 0.2) is 85.2 Å². The largest absolute Gasteiger partial charge is 0.489 e. The molecule has 2 aromatic heterocycles. The number of nitrogens with zero attached hydrogens (tertiary/aromatic N) is 3. The second-order valence-corrected chi connectivity index (χ2v) is 9.29. The summed E-state index contributed by atoms with van der Waals surface area (Å²) in [5, 5.41) is 1.21. The number of benzene rings is 3. The van der Waals surface area contributed by atoms with Crippen LogP contribution >= 0.6 is 0 Å². The summed E-state index contributed by atoms with van der Waals surface area (Å²) >= 11 is 0. The molecule has 6 rings (SSSR count). The first-order chi connectivity index (χ1) is 17.2. The second-order valence-electron chi connectivity index (χ2n) is 9.29. The van der Waals surface area contributed by atoms with Crippen molar-refractivity contribution in [1.82, 2.24) is 19.9 Å². The summed E-state index contributed by atoms with van der Waals surface area (Å²) in [4.78, 5) is 15.5. The second kappa shape index (κ2) is 9.35. The minimum Gasteiger partial charge on any atom is -0.489 e. The van der Waals surface area contributed by atoms with Gasteiger partial charge in [0, 0.05) is 48.5 Å². The summed E-state index contributed by atoms with van der Waals surface area (Å²) in [6.07, 6.45) is 5.10. The van der Waals surface area contributed by atoms with E-state index in [-0.39, 0.29) is 0 Å². The molecule has 35 heavy (non-hydrogen) atoms. The Balaban J connectivity index is 1.19. The summed E-state index contributed by atoms with van der Waals surface area (Å²) in [5.74, 6) is 1.69. The Labute approximate surface area is 205 Å². The Morgan fingerprint density at radius 3 is 2.71 bits per heavy atom. The van der Waals surface area contributed by atoms with Crippen LogP contribution in [0.25, 0.3) is 22.3 Å². The van der Waals surface area contributed by atoms with E-state index in [1.165, 1.54) is 27.6 Å². The van der Waals surface area contributed by atoms with Crippen molar-refractivity contribution in [2.45, 2.75) is 33.0 Å². The van der Waals surface area contributed by atoms with Gasteiger partial charge in [-0.05, 0) is 48.2 Å². The molecule has 1 aliphatic heterocycles. The van der Waals surface area contributed by atoms with Crippen molar-refractivity contribution in [1.29, 1.82) is 0 Å². The summed E-state index contributed by atoms with van der Waals surface area (Å²) in [6.45, 7) is 5.35. The minimum atomic E-state index is 0.567. The number of nitrogens with one attached hydrogen (secondary N) is 1. The summed E-state index contributed by atoms with van der Waals surface area (Å²) in [5.41, 5.74) is 8.28. The normalized spacial score (nSPS) is 13.6. The molecule has 5 heteroatoms. The monoisotopic (exact) mass is 460 g/mol. The first-order valence-corrected chi connectivity index (χ1v) is 12.1. The maximum atomic E-state index is 6.08. The van der Waals surface area contributed by atoms with E-state index in [1.807, 2.05) is 30.5 Å². The molecule has 0 spiro atoms. The van der Waals surface area contributed by atoms with Crippen LogP contribution in [0.1, 0.15) is 27.9 Å². The van der Waals surface area contributed by atoms with Crippen LogP contribution in [-0.2, 0) is 26.1 Å². The van der Waals surface area contributed by atoms with E-state index in [2.05, 4.69) is 76.5 Å². The Morgan fingerprint density at radius 2 is 1.86 bits per heavy atom. The third-order valence-electron chi connectivity index (χ3n) is 6.72. The Morgan fingerprint density at radius 1 is 1.00 bits per heavy atom. The Kier molecular flexibility index (Phi) is 5.76. The van der Waals surface area contributed by atoms with E-state index in [4.69, 9.17) is 9.72 Å². The zero-order valence-electron chi connectivity index (χ0n) is 19.9. The highest BCUT2D eigenvalue weighted by atomic mass is 16.5. The summed E-state index contributed by atoms with van der Waals surface area (Å²) in [7, 11) is 0. The van der Waals surface area contributed by atoms with Crippen LogP contribution in [-0.4, -0.2) is 26.4 Å². The molecule has 0 amide bonds. The van der Waals surface area contributed by atoms with E-state index in [0.717, 1.165) is 54.4 Å². The molecule has 1 aliphatic rings. The van der Waals surface area contributed by atoms with Crippen molar-refractivity contribution < 1.29 is 4.74 Å². The van der Waals surface area contributed by atoms with Crippen LogP contribution in [0.2, 0.25) is 0 Å². The van der Waals surface area contributed by atoms with Crippen molar-refractivity contribution in [2.75, 3.05) is 6.54 Å². The molecule has 3 aromatic carbocycles. The van der Waals surface area contributed by atoms with Crippen LogP contribution in [0, 0.1) is 6.92 Å². The quantitative estimate of drug-likeness (QED) is 0.334. The highest BCUT2D eigenvalue weighted by Crippen LogP contribution is 2.28. The van der Waals surface area contributed by atoms with E-state index in [9.17, 15) is 0 Å². The van der Waals surface area contributed by atoms with Gasteiger partial charge >= 0.3 is 0 Å².